The van der Waals surface area contributed by atoms with Gasteiger partial charge in [-0.1, -0.05) is 66.7 Å². The third-order valence-corrected chi connectivity index (χ3v) is 7.09. The lowest BCUT2D eigenvalue weighted by Gasteiger charge is -2.27. The summed E-state index contributed by atoms with van der Waals surface area (Å²) >= 11 is 0. The summed E-state index contributed by atoms with van der Waals surface area (Å²) in [4.78, 5) is 23.2. The van der Waals surface area contributed by atoms with Crippen LogP contribution in [0.15, 0.2) is 113 Å². The predicted molar refractivity (Wildman–Crippen MR) is 144 cm³/mol. The minimum atomic E-state index is -4.32. The maximum atomic E-state index is 13.1. The molecular weight excluding hydrogens is 522 g/mol. The van der Waals surface area contributed by atoms with E-state index in [1.807, 2.05) is 0 Å². The first-order valence-corrected chi connectivity index (χ1v) is 13.0. The van der Waals surface area contributed by atoms with E-state index in [0.717, 1.165) is 6.07 Å². The number of aryl methyl sites for hydroxylation is 1. The highest BCUT2D eigenvalue weighted by Crippen LogP contribution is 2.30. The van der Waals surface area contributed by atoms with E-state index in [1.165, 1.54) is 49.5 Å². The Morgan fingerprint density at radius 1 is 0.949 bits per heavy atom. The van der Waals surface area contributed by atoms with Crippen molar-refractivity contribution in [3.8, 4) is 5.75 Å². The molecule has 4 aromatic carbocycles. The van der Waals surface area contributed by atoms with Crippen molar-refractivity contribution in [2.24, 2.45) is 5.10 Å². The molecule has 0 radical (unpaired) electrons. The Labute approximate surface area is 224 Å². The molecule has 4 aromatic rings. The van der Waals surface area contributed by atoms with Gasteiger partial charge < -0.3 is 9.29 Å². The summed E-state index contributed by atoms with van der Waals surface area (Å²) in [6.45, 7) is 1.50. The molecule has 10 nitrogen and oxygen atoms in total. The third-order valence-electron chi connectivity index (χ3n) is 5.84. The zero-order valence-electron chi connectivity index (χ0n) is 20.6. The highest BCUT2D eigenvalue weighted by atomic mass is 32.2. The number of nitro benzene ring substituents is 1. The number of aliphatic hydroxyl groups is 1. The Morgan fingerprint density at radius 3 is 2.05 bits per heavy atom. The van der Waals surface area contributed by atoms with Gasteiger partial charge in [-0.05, 0) is 53.9 Å². The van der Waals surface area contributed by atoms with Crippen molar-refractivity contribution in [1.82, 2.24) is 5.43 Å². The van der Waals surface area contributed by atoms with Gasteiger partial charge in [0.2, 0.25) is 0 Å². The van der Waals surface area contributed by atoms with Crippen molar-refractivity contribution in [1.29, 1.82) is 0 Å². The fraction of sp³-hybridized carbons (Fsp3) is 0.0714. The molecule has 0 aliphatic carbocycles. The smallest absolute Gasteiger partial charge is 0.339 e. The van der Waals surface area contributed by atoms with E-state index in [2.05, 4.69) is 10.5 Å². The molecule has 39 heavy (non-hydrogen) atoms. The number of nitrogens with zero attached hydrogens (tertiary/aromatic N) is 2. The largest absolute Gasteiger partial charge is 0.379 e. The normalized spacial score (nSPS) is 11.7. The fourth-order valence-corrected chi connectivity index (χ4v) is 4.71. The maximum Gasteiger partial charge on any atom is 0.339 e. The van der Waals surface area contributed by atoms with E-state index in [-0.39, 0.29) is 16.3 Å². The number of carbonyl (C=O) groups excluding carboxylic acids is 1. The van der Waals surface area contributed by atoms with Crippen LogP contribution in [-0.4, -0.2) is 30.6 Å². The molecule has 4 rings (SSSR count). The van der Waals surface area contributed by atoms with E-state index in [1.54, 1.807) is 60.7 Å². The Kier molecular flexibility index (Phi) is 7.84. The fourth-order valence-electron chi connectivity index (χ4n) is 3.76. The lowest BCUT2D eigenvalue weighted by atomic mass is 9.85. The van der Waals surface area contributed by atoms with Gasteiger partial charge >= 0.3 is 10.1 Å². The minimum Gasteiger partial charge on any atom is -0.379 e. The van der Waals surface area contributed by atoms with Gasteiger partial charge in [-0.25, -0.2) is 5.43 Å². The van der Waals surface area contributed by atoms with Crippen LogP contribution in [-0.2, 0) is 20.5 Å². The molecule has 0 heterocycles. The molecule has 198 valence electrons. The van der Waals surface area contributed by atoms with Crippen LogP contribution in [0, 0.1) is 17.0 Å². The van der Waals surface area contributed by atoms with Gasteiger partial charge in [0.25, 0.3) is 11.6 Å². The standard InChI is InChI=1S/C28H23N3O7S/c1-20-12-17-25(18-26(20)31(34)35)39(36,37)38-24-15-13-21(14-16-24)19-29-30-27(32)28(33,22-8-4-2-5-9-22)23-10-6-3-7-11-23/h2-19,33H,1H3,(H,30,32)/b29-19-. The summed E-state index contributed by atoms with van der Waals surface area (Å²) in [6, 6.07) is 26.2. The molecule has 0 fully saturated rings. The summed E-state index contributed by atoms with van der Waals surface area (Å²) in [5, 5.41) is 26.5. The molecule has 2 N–H and O–H groups in total. The van der Waals surface area contributed by atoms with Crippen LogP contribution in [0.1, 0.15) is 22.3 Å². The van der Waals surface area contributed by atoms with Crippen LogP contribution in [0.3, 0.4) is 0 Å². The van der Waals surface area contributed by atoms with Gasteiger partial charge in [0, 0.05) is 11.6 Å². The molecule has 0 aliphatic heterocycles. The summed E-state index contributed by atoms with van der Waals surface area (Å²) in [5.41, 5.74) is 1.58. The molecule has 0 aromatic heterocycles. The number of rotatable bonds is 9. The maximum absolute atomic E-state index is 13.1. The molecule has 0 saturated carbocycles. The molecular formula is C28H23N3O7S. The Hall–Kier alpha value is -4.87. The predicted octanol–water partition coefficient (Wildman–Crippen LogP) is 4.06. The van der Waals surface area contributed by atoms with E-state index in [4.69, 9.17) is 4.18 Å². The Bertz CT molecular complexity index is 1580. The van der Waals surface area contributed by atoms with E-state index in [9.17, 15) is 28.4 Å². The average molecular weight is 546 g/mol. The number of nitrogens with one attached hydrogen (secondary N) is 1. The van der Waals surface area contributed by atoms with Crippen molar-refractivity contribution in [3.63, 3.8) is 0 Å². The quantitative estimate of drug-likeness (QED) is 0.139. The van der Waals surface area contributed by atoms with E-state index < -0.39 is 26.5 Å². The summed E-state index contributed by atoms with van der Waals surface area (Å²) in [6.07, 6.45) is 1.32. The van der Waals surface area contributed by atoms with Crippen molar-refractivity contribution >= 4 is 27.9 Å². The van der Waals surface area contributed by atoms with Crippen LogP contribution in [0.2, 0.25) is 0 Å². The second-order valence-corrected chi connectivity index (χ2v) is 10.00. The zero-order chi connectivity index (χ0) is 28.0. The Morgan fingerprint density at radius 2 is 1.51 bits per heavy atom. The first-order chi connectivity index (χ1) is 18.6. The topological polar surface area (TPSA) is 148 Å². The second kappa shape index (κ2) is 11.3. The van der Waals surface area contributed by atoms with Crippen molar-refractivity contribution < 1.29 is 27.4 Å². The first kappa shape index (κ1) is 27.2. The summed E-state index contributed by atoms with van der Waals surface area (Å²) < 4.78 is 30.3. The molecule has 1 amide bonds. The Balaban J connectivity index is 1.47. The van der Waals surface area contributed by atoms with Gasteiger partial charge in [0.05, 0.1) is 11.1 Å². The lowest BCUT2D eigenvalue weighted by Crippen LogP contribution is -2.43. The van der Waals surface area contributed by atoms with Crippen LogP contribution in [0.4, 0.5) is 5.69 Å². The molecule has 0 spiro atoms. The molecule has 0 aliphatic rings. The van der Waals surface area contributed by atoms with Crippen LogP contribution < -0.4 is 9.61 Å². The van der Waals surface area contributed by atoms with Crippen LogP contribution >= 0.6 is 0 Å². The lowest BCUT2D eigenvalue weighted by molar-refractivity contribution is -0.385. The number of carbonyl (C=O) groups is 1. The summed E-state index contributed by atoms with van der Waals surface area (Å²) in [5.74, 6) is -0.795. The van der Waals surface area contributed by atoms with Crippen LogP contribution in [0.25, 0.3) is 0 Å². The van der Waals surface area contributed by atoms with Crippen molar-refractivity contribution in [2.45, 2.75) is 17.4 Å². The number of hydrogen-bond acceptors (Lipinski definition) is 8. The van der Waals surface area contributed by atoms with Crippen molar-refractivity contribution in [2.75, 3.05) is 0 Å². The number of hydrazone groups is 1. The highest BCUT2D eigenvalue weighted by molar-refractivity contribution is 7.87. The minimum absolute atomic E-state index is 0.0260. The van der Waals surface area contributed by atoms with E-state index in [0.29, 0.717) is 22.3 Å². The average Bonchev–Trinajstić information content (AvgIpc) is 2.94. The molecule has 0 atom stereocenters. The third kappa shape index (κ3) is 6.00. The number of hydrogen-bond donors (Lipinski definition) is 2. The second-order valence-electron chi connectivity index (χ2n) is 8.45. The SMILES string of the molecule is Cc1ccc(S(=O)(=O)Oc2ccc(/C=N\NC(=O)C(O)(c3ccccc3)c3ccccc3)cc2)cc1[N+](=O)[O-]. The van der Waals surface area contributed by atoms with Gasteiger partial charge in [0.1, 0.15) is 10.6 Å². The number of amides is 1. The van der Waals surface area contributed by atoms with Gasteiger partial charge in [-0.3, -0.25) is 14.9 Å². The number of benzene rings is 4. The number of nitro groups is 1. The molecule has 0 saturated heterocycles. The zero-order valence-corrected chi connectivity index (χ0v) is 21.4. The summed E-state index contributed by atoms with van der Waals surface area (Å²) in [7, 11) is -4.32. The van der Waals surface area contributed by atoms with Crippen molar-refractivity contribution in [3.05, 3.63) is 135 Å². The van der Waals surface area contributed by atoms with Crippen LogP contribution in [0.5, 0.6) is 5.75 Å². The first-order valence-electron chi connectivity index (χ1n) is 11.6. The monoisotopic (exact) mass is 545 g/mol. The molecule has 11 heteroatoms. The van der Waals surface area contributed by atoms with Gasteiger partial charge in [0.15, 0.2) is 5.60 Å². The molecule has 0 bridgehead atoms. The van der Waals surface area contributed by atoms with E-state index >= 15 is 0 Å². The highest BCUT2D eigenvalue weighted by Gasteiger charge is 2.39. The van der Waals surface area contributed by atoms with Gasteiger partial charge in [-0.15, -0.1) is 0 Å². The molecule has 0 unspecified atom stereocenters. The van der Waals surface area contributed by atoms with Gasteiger partial charge in [-0.2, -0.15) is 13.5 Å².